The van der Waals surface area contributed by atoms with Crippen molar-refractivity contribution in [1.29, 1.82) is 0 Å². The summed E-state index contributed by atoms with van der Waals surface area (Å²) in [6, 6.07) is 5.73. The molecule has 0 saturated carbocycles. The lowest BCUT2D eigenvalue weighted by atomic mass is 10.0. The third-order valence-electron chi connectivity index (χ3n) is 2.44. The van der Waals surface area contributed by atoms with E-state index in [4.69, 9.17) is 15.2 Å². The maximum absolute atomic E-state index is 6.07. The second-order valence-electron chi connectivity index (χ2n) is 3.50. The molecule has 0 unspecified atom stereocenters. The van der Waals surface area contributed by atoms with Crippen molar-refractivity contribution in [3.8, 4) is 11.5 Å². The van der Waals surface area contributed by atoms with Crippen molar-refractivity contribution in [2.45, 2.75) is 25.8 Å². The average Bonchev–Trinajstić information content (AvgIpc) is 2.28. The average molecular weight is 246 g/mol. The third kappa shape index (κ3) is 3.58. The Balaban J connectivity index is 0.00000225. The minimum absolute atomic E-state index is 0. The summed E-state index contributed by atoms with van der Waals surface area (Å²) >= 11 is 0. The molecule has 0 radical (unpaired) electrons. The molecule has 0 saturated heterocycles. The Morgan fingerprint density at radius 2 is 1.94 bits per heavy atom. The Morgan fingerprint density at radius 1 is 1.25 bits per heavy atom. The SMILES string of the molecule is CCC[C@@H](N)c1cc(OC)ccc1OC.Cl. The minimum Gasteiger partial charge on any atom is -0.497 e. The highest BCUT2D eigenvalue weighted by molar-refractivity contribution is 5.85. The fourth-order valence-electron chi connectivity index (χ4n) is 1.60. The van der Waals surface area contributed by atoms with Gasteiger partial charge in [-0.2, -0.15) is 0 Å². The highest BCUT2D eigenvalue weighted by Crippen LogP contribution is 2.30. The molecule has 92 valence electrons. The summed E-state index contributed by atoms with van der Waals surface area (Å²) in [5.41, 5.74) is 7.08. The number of benzene rings is 1. The fraction of sp³-hybridized carbons (Fsp3) is 0.500. The quantitative estimate of drug-likeness (QED) is 0.868. The van der Waals surface area contributed by atoms with Crippen LogP contribution in [0.25, 0.3) is 0 Å². The maximum Gasteiger partial charge on any atom is 0.123 e. The van der Waals surface area contributed by atoms with E-state index in [9.17, 15) is 0 Å². The molecular weight excluding hydrogens is 226 g/mol. The predicted molar refractivity (Wildman–Crippen MR) is 68.6 cm³/mol. The van der Waals surface area contributed by atoms with Crippen molar-refractivity contribution < 1.29 is 9.47 Å². The number of ether oxygens (including phenoxy) is 2. The number of hydrogen-bond acceptors (Lipinski definition) is 3. The van der Waals surface area contributed by atoms with Crippen molar-refractivity contribution in [1.82, 2.24) is 0 Å². The standard InChI is InChI=1S/C12H19NO2.ClH/c1-4-5-11(13)10-8-9(14-2)6-7-12(10)15-3;/h6-8,11H,4-5,13H2,1-3H3;1H/t11-;/m1./s1. The van der Waals surface area contributed by atoms with Gasteiger partial charge in [-0.3, -0.25) is 0 Å². The Kier molecular flexibility index (Phi) is 6.93. The highest BCUT2D eigenvalue weighted by Gasteiger charge is 2.12. The number of halogens is 1. The van der Waals surface area contributed by atoms with Gasteiger partial charge >= 0.3 is 0 Å². The maximum atomic E-state index is 6.07. The van der Waals surface area contributed by atoms with Gasteiger partial charge in [0.25, 0.3) is 0 Å². The van der Waals surface area contributed by atoms with Crippen molar-refractivity contribution in [3.05, 3.63) is 23.8 Å². The van der Waals surface area contributed by atoms with E-state index in [-0.39, 0.29) is 18.4 Å². The monoisotopic (exact) mass is 245 g/mol. The van der Waals surface area contributed by atoms with Crippen LogP contribution in [0, 0.1) is 0 Å². The minimum atomic E-state index is 0. The molecule has 0 aromatic heterocycles. The molecule has 1 atom stereocenters. The molecule has 0 fully saturated rings. The summed E-state index contributed by atoms with van der Waals surface area (Å²) in [5, 5.41) is 0. The summed E-state index contributed by atoms with van der Waals surface area (Å²) in [6.45, 7) is 2.12. The summed E-state index contributed by atoms with van der Waals surface area (Å²) in [6.07, 6.45) is 2.01. The van der Waals surface area contributed by atoms with E-state index in [1.807, 2.05) is 18.2 Å². The molecule has 1 aromatic carbocycles. The molecule has 0 aliphatic carbocycles. The van der Waals surface area contributed by atoms with Crippen LogP contribution in [-0.4, -0.2) is 14.2 Å². The second-order valence-corrected chi connectivity index (χ2v) is 3.50. The molecule has 0 bridgehead atoms. The summed E-state index contributed by atoms with van der Waals surface area (Å²) in [4.78, 5) is 0. The molecule has 1 rings (SSSR count). The summed E-state index contributed by atoms with van der Waals surface area (Å²) in [7, 11) is 3.31. The Bertz CT molecular complexity index is 318. The van der Waals surface area contributed by atoms with Gasteiger partial charge in [0.2, 0.25) is 0 Å². The van der Waals surface area contributed by atoms with Gasteiger partial charge in [0.1, 0.15) is 11.5 Å². The van der Waals surface area contributed by atoms with Gasteiger partial charge in [-0.05, 0) is 24.6 Å². The van der Waals surface area contributed by atoms with Crippen molar-refractivity contribution in [2.24, 2.45) is 5.73 Å². The largest absolute Gasteiger partial charge is 0.497 e. The van der Waals surface area contributed by atoms with Crippen LogP contribution < -0.4 is 15.2 Å². The normalized spacial score (nSPS) is 11.5. The zero-order valence-corrected chi connectivity index (χ0v) is 10.8. The van der Waals surface area contributed by atoms with Crippen LogP contribution in [0.1, 0.15) is 31.4 Å². The molecule has 0 spiro atoms. The van der Waals surface area contributed by atoms with Crippen LogP contribution >= 0.6 is 12.4 Å². The van der Waals surface area contributed by atoms with Gasteiger partial charge in [-0.25, -0.2) is 0 Å². The third-order valence-corrected chi connectivity index (χ3v) is 2.44. The number of hydrogen-bond donors (Lipinski definition) is 1. The Morgan fingerprint density at radius 3 is 2.44 bits per heavy atom. The van der Waals surface area contributed by atoms with Gasteiger partial charge in [-0.15, -0.1) is 12.4 Å². The first-order chi connectivity index (χ1) is 7.22. The number of nitrogens with two attached hydrogens (primary N) is 1. The molecule has 1 aromatic rings. The molecule has 0 amide bonds. The molecule has 0 heterocycles. The molecule has 3 nitrogen and oxygen atoms in total. The van der Waals surface area contributed by atoms with Crippen molar-refractivity contribution >= 4 is 12.4 Å². The second kappa shape index (κ2) is 7.36. The highest BCUT2D eigenvalue weighted by atomic mass is 35.5. The fourth-order valence-corrected chi connectivity index (χ4v) is 1.60. The number of rotatable bonds is 5. The number of methoxy groups -OCH3 is 2. The predicted octanol–water partition coefficient (Wildman–Crippen LogP) is 2.93. The van der Waals surface area contributed by atoms with Gasteiger partial charge < -0.3 is 15.2 Å². The van der Waals surface area contributed by atoms with E-state index < -0.39 is 0 Å². The first-order valence-electron chi connectivity index (χ1n) is 5.20. The van der Waals surface area contributed by atoms with Crippen LogP contribution in [0.3, 0.4) is 0 Å². The smallest absolute Gasteiger partial charge is 0.123 e. The Hall–Kier alpha value is -0.930. The zero-order chi connectivity index (χ0) is 11.3. The lowest BCUT2D eigenvalue weighted by Crippen LogP contribution is -2.11. The van der Waals surface area contributed by atoms with E-state index in [1.165, 1.54) is 0 Å². The first-order valence-corrected chi connectivity index (χ1v) is 5.20. The topological polar surface area (TPSA) is 44.5 Å². The van der Waals surface area contributed by atoms with Crippen molar-refractivity contribution in [3.63, 3.8) is 0 Å². The van der Waals surface area contributed by atoms with Gasteiger partial charge in [0.15, 0.2) is 0 Å². The van der Waals surface area contributed by atoms with Crippen LogP contribution in [-0.2, 0) is 0 Å². The molecule has 4 heteroatoms. The Labute approximate surface area is 103 Å². The molecular formula is C12H20ClNO2. The van der Waals surface area contributed by atoms with E-state index in [0.29, 0.717) is 0 Å². The summed E-state index contributed by atoms with van der Waals surface area (Å²) in [5.74, 6) is 1.65. The molecule has 16 heavy (non-hydrogen) atoms. The van der Waals surface area contributed by atoms with Gasteiger partial charge in [0.05, 0.1) is 14.2 Å². The van der Waals surface area contributed by atoms with Crippen LogP contribution in [0.2, 0.25) is 0 Å². The zero-order valence-electron chi connectivity index (χ0n) is 10.0. The van der Waals surface area contributed by atoms with E-state index in [1.54, 1.807) is 14.2 Å². The van der Waals surface area contributed by atoms with E-state index in [0.717, 1.165) is 29.9 Å². The first kappa shape index (κ1) is 15.1. The van der Waals surface area contributed by atoms with E-state index >= 15 is 0 Å². The lowest BCUT2D eigenvalue weighted by molar-refractivity contribution is 0.394. The van der Waals surface area contributed by atoms with Crippen LogP contribution in [0.4, 0.5) is 0 Å². The molecule has 2 N–H and O–H groups in total. The molecule has 0 aliphatic heterocycles. The van der Waals surface area contributed by atoms with Gasteiger partial charge in [-0.1, -0.05) is 13.3 Å². The van der Waals surface area contributed by atoms with Crippen molar-refractivity contribution in [2.75, 3.05) is 14.2 Å². The van der Waals surface area contributed by atoms with Crippen LogP contribution in [0.15, 0.2) is 18.2 Å². The van der Waals surface area contributed by atoms with Crippen LogP contribution in [0.5, 0.6) is 11.5 Å². The van der Waals surface area contributed by atoms with Gasteiger partial charge in [0, 0.05) is 11.6 Å². The summed E-state index contributed by atoms with van der Waals surface area (Å²) < 4.78 is 10.4. The van der Waals surface area contributed by atoms with E-state index in [2.05, 4.69) is 6.92 Å². The molecule has 0 aliphatic rings. The lowest BCUT2D eigenvalue weighted by Gasteiger charge is -2.15.